The highest BCUT2D eigenvalue weighted by Gasteiger charge is 2.12. The molecule has 3 rings (SSSR count). The van der Waals surface area contributed by atoms with Gasteiger partial charge in [0.15, 0.2) is 0 Å². The Labute approximate surface area is 122 Å². The van der Waals surface area contributed by atoms with Crippen LogP contribution < -0.4 is 10.1 Å². The van der Waals surface area contributed by atoms with Gasteiger partial charge in [0.05, 0.1) is 24.9 Å². The number of rotatable bonds is 4. The highest BCUT2D eigenvalue weighted by Crippen LogP contribution is 2.23. The van der Waals surface area contributed by atoms with Crippen LogP contribution in [0.25, 0.3) is 10.9 Å². The number of carbonyl (C=O) groups excluding carboxylic acids is 1. The maximum absolute atomic E-state index is 12.3. The third-order valence-electron chi connectivity index (χ3n) is 3.29. The first-order valence-electron chi connectivity index (χ1n) is 6.61. The predicted octanol–water partition coefficient (Wildman–Crippen LogP) is 2.50. The maximum atomic E-state index is 12.3. The summed E-state index contributed by atoms with van der Waals surface area (Å²) in [4.78, 5) is 19.6. The third-order valence-corrected chi connectivity index (χ3v) is 3.29. The molecule has 1 amide bonds. The van der Waals surface area contributed by atoms with E-state index in [0.29, 0.717) is 12.1 Å². The van der Waals surface area contributed by atoms with Crippen molar-refractivity contribution in [2.45, 2.75) is 6.54 Å². The Morgan fingerprint density at radius 3 is 3.00 bits per heavy atom. The lowest BCUT2D eigenvalue weighted by atomic mass is 10.1. The molecule has 0 fully saturated rings. The van der Waals surface area contributed by atoms with Crippen LogP contribution in [0, 0.1) is 0 Å². The van der Waals surface area contributed by atoms with Crippen LogP contribution in [0.5, 0.6) is 5.75 Å². The molecule has 2 aromatic heterocycles. The number of aromatic amines is 1. The predicted molar refractivity (Wildman–Crippen MR) is 80.3 cm³/mol. The molecule has 0 atom stereocenters. The van der Waals surface area contributed by atoms with Crippen molar-refractivity contribution in [2.75, 3.05) is 7.11 Å². The molecule has 0 aliphatic carbocycles. The molecule has 0 unspecified atom stereocenters. The lowest BCUT2D eigenvalue weighted by Gasteiger charge is -2.04. The van der Waals surface area contributed by atoms with E-state index in [1.807, 2.05) is 36.4 Å². The molecule has 0 aliphatic heterocycles. The molecule has 2 heterocycles. The monoisotopic (exact) mass is 281 g/mol. The largest absolute Gasteiger partial charge is 0.497 e. The number of nitrogens with one attached hydrogen (secondary N) is 2. The van der Waals surface area contributed by atoms with Crippen LogP contribution in [0.15, 0.2) is 48.8 Å². The first kappa shape index (κ1) is 13.2. The minimum atomic E-state index is -0.139. The number of amides is 1. The SMILES string of the molecule is COc1ccc2[nH]cc(C(=O)NCc3ccccn3)c2c1. The van der Waals surface area contributed by atoms with E-state index < -0.39 is 0 Å². The molecule has 5 nitrogen and oxygen atoms in total. The van der Waals surface area contributed by atoms with Crippen LogP contribution in [0.4, 0.5) is 0 Å². The zero-order valence-electron chi connectivity index (χ0n) is 11.6. The number of H-pyrrole nitrogens is 1. The molecule has 21 heavy (non-hydrogen) atoms. The van der Waals surface area contributed by atoms with E-state index >= 15 is 0 Å². The van der Waals surface area contributed by atoms with Crippen molar-refractivity contribution < 1.29 is 9.53 Å². The zero-order valence-corrected chi connectivity index (χ0v) is 11.6. The minimum Gasteiger partial charge on any atom is -0.497 e. The summed E-state index contributed by atoms with van der Waals surface area (Å²) in [6, 6.07) is 11.2. The summed E-state index contributed by atoms with van der Waals surface area (Å²) in [5, 5.41) is 3.71. The summed E-state index contributed by atoms with van der Waals surface area (Å²) in [5.74, 6) is 0.584. The van der Waals surface area contributed by atoms with E-state index in [0.717, 1.165) is 22.3 Å². The van der Waals surface area contributed by atoms with Gasteiger partial charge in [0, 0.05) is 23.3 Å². The summed E-state index contributed by atoms with van der Waals surface area (Å²) in [6.07, 6.45) is 3.41. The summed E-state index contributed by atoms with van der Waals surface area (Å²) in [7, 11) is 1.61. The molecule has 0 radical (unpaired) electrons. The van der Waals surface area contributed by atoms with E-state index in [2.05, 4.69) is 15.3 Å². The lowest BCUT2D eigenvalue weighted by molar-refractivity contribution is 0.0952. The number of ether oxygens (including phenoxy) is 1. The molecule has 3 aromatic rings. The van der Waals surface area contributed by atoms with Gasteiger partial charge in [-0.1, -0.05) is 6.07 Å². The number of aromatic nitrogens is 2. The Bertz CT molecular complexity index is 766. The Morgan fingerprint density at radius 1 is 1.33 bits per heavy atom. The average Bonchev–Trinajstić information content (AvgIpc) is 2.96. The van der Waals surface area contributed by atoms with Crippen LogP contribution in [-0.2, 0) is 6.54 Å². The second-order valence-corrected chi connectivity index (χ2v) is 4.62. The minimum absolute atomic E-state index is 0.139. The molecule has 0 saturated heterocycles. The fraction of sp³-hybridized carbons (Fsp3) is 0.125. The molecule has 2 N–H and O–H groups in total. The number of pyridine rings is 1. The van der Waals surface area contributed by atoms with Crippen molar-refractivity contribution in [1.82, 2.24) is 15.3 Å². The Balaban J connectivity index is 1.81. The van der Waals surface area contributed by atoms with Crippen molar-refractivity contribution in [2.24, 2.45) is 0 Å². The molecule has 106 valence electrons. The summed E-state index contributed by atoms with van der Waals surface area (Å²) < 4.78 is 5.20. The van der Waals surface area contributed by atoms with Crippen molar-refractivity contribution in [3.05, 3.63) is 60.0 Å². The van der Waals surface area contributed by atoms with Gasteiger partial charge in [-0.2, -0.15) is 0 Å². The topological polar surface area (TPSA) is 67.0 Å². The first-order valence-corrected chi connectivity index (χ1v) is 6.61. The van der Waals surface area contributed by atoms with E-state index in [1.165, 1.54) is 0 Å². The number of benzene rings is 1. The van der Waals surface area contributed by atoms with E-state index in [1.54, 1.807) is 19.5 Å². The fourth-order valence-corrected chi connectivity index (χ4v) is 2.18. The molecule has 5 heteroatoms. The smallest absolute Gasteiger partial charge is 0.253 e. The number of nitrogens with zero attached hydrogens (tertiary/aromatic N) is 1. The lowest BCUT2D eigenvalue weighted by Crippen LogP contribution is -2.22. The zero-order chi connectivity index (χ0) is 14.7. The van der Waals surface area contributed by atoms with Crippen molar-refractivity contribution in [1.29, 1.82) is 0 Å². The number of hydrogen-bond donors (Lipinski definition) is 2. The molecular weight excluding hydrogens is 266 g/mol. The van der Waals surface area contributed by atoms with Gasteiger partial charge in [-0.3, -0.25) is 9.78 Å². The summed E-state index contributed by atoms with van der Waals surface area (Å²) in [5.41, 5.74) is 2.32. The van der Waals surface area contributed by atoms with Crippen LogP contribution in [0.1, 0.15) is 16.1 Å². The average molecular weight is 281 g/mol. The quantitative estimate of drug-likeness (QED) is 0.772. The van der Waals surface area contributed by atoms with Gasteiger partial charge in [-0.25, -0.2) is 0 Å². The van der Waals surface area contributed by atoms with Crippen LogP contribution >= 0.6 is 0 Å². The fourth-order valence-electron chi connectivity index (χ4n) is 2.18. The number of hydrogen-bond acceptors (Lipinski definition) is 3. The molecule has 0 saturated carbocycles. The normalized spacial score (nSPS) is 10.5. The van der Waals surface area contributed by atoms with Gasteiger partial charge < -0.3 is 15.0 Å². The van der Waals surface area contributed by atoms with Gasteiger partial charge in [-0.15, -0.1) is 0 Å². The summed E-state index contributed by atoms with van der Waals surface area (Å²) >= 11 is 0. The second kappa shape index (κ2) is 5.66. The van der Waals surface area contributed by atoms with E-state index in [9.17, 15) is 4.79 Å². The maximum Gasteiger partial charge on any atom is 0.253 e. The Morgan fingerprint density at radius 2 is 2.24 bits per heavy atom. The summed E-state index contributed by atoms with van der Waals surface area (Å²) in [6.45, 7) is 0.399. The van der Waals surface area contributed by atoms with Crippen LogP contribution in [0.3, 0.4) is 0 Å². The van der Waals surface area contributed by atoms with Crippen LogP contribution in [-0.4, -0.2) is 23.0 Å². The third kappa shape index (κ3) is 2.72. The first-order chi connectivity index (χ1) is 10.3. The molecule has 1 aromatic carbocycles. The second-order valence-electron chi connectivity index (χ2n) is 4.62. The van der Waals surface area contributed by atoms with Gasteiger partial charge >= 0.3 is 0 Å². The standard InChI is InChI=1S/C16H15N3O2/c1-21-12-5-6-15-13(8-12)14(10-18-15)16(20)19-9-11-4-2-3-7-17-11/h2-8,10,18H,9H2,1H3,(H,19,20). The van der Waals surface area contributed by atoms with Gasteiger partial charge in [0.1, 0.15) is 5.75 Å². The van der Waals surface area contributed by atoms with Gasteiger partial charge in [0.25, 0.3) is 5.91 Å². The molecule has 0 aliphatic rings. The highest BCUT2D eigenvalue weighted by molar-refractivity contribution is 6.07. The number of carbonyl (C=O) groups is 1. The van der Waals surface area contributed by atoms with Crippen molar-refractivity contribution in [3.63, 3.8) is 0 Å². The van der Waals surface area contributed by atoms with Crippen LogP contribution in [0.2, 0.25) is 0 Å². The van der Waals surface area contributed by atoms with Crippen molar-refractivity contribution >= 4 is 16.8 Å². The number of methoxy groups -OCH3 is 1. The Hall–Kier alpha value is -2.82. The van der Waals surface area contributed by atoms with Gasteiger partial charge in [0.2, 0.25) is 0 Å². The molecule has 0 bridgehead atoms. The van der Waals surface area contributed by atoms with Gasteiger partial charge in [-0.05, 0) is 30.3 Å². The van der Waals surface area contributed by atoms with Crippen molar-refractivity contribution in [3.8, 4) is 5.75 Å². The Kier molecular flexibility index (Phi) is 3.55. The van der Waals surface area contributed by atoms with E-state index in [4.69, 9.17) is 4.74 Å². The molecular formula is C16H15N3O2. The highest BCUT2D eigenvalue weighted by atomic mass is 16.5. The number of fused-ring (bicyclic) bond motifs is 1. The molecule has 0 spiro atoms. The van der Waals surface area contributed by atoms with E-state index in [-0.39, 0.29) is 5.91 Å².